The molecule has 1 aliphatic rings. The second kappa shape index (κ2) is 9.64. The van der Waals surface area contributed by atoms with Gasteiger partial charge in [-0.05, 0) is 43.4 Å². The van der Waals surface area contributed by atoms with Crippen LogP contribution in [0.2, 0.25) is 0 Å². The van der Waals surface area contributed by atoms with Crippen molar-refractivity contribution in [3.63, 3.8) is 0 Å². The van der Waals surface area contributed by atoms with Gasteiger partial charge in [0.05, 0.1) is 13.2 Å². The van der Waals surface area contributed by atoms with E-state index in [2.05, 4.69) is 6.92 Å². The molecule has 1 amide bonds. The van der Waals surface area contributed by atoms with Crippen molar-refractivity contribution in [3.05, 3.63) is 29.8 Å². The third-order valence-electron chi connectivity index (χ3n) is 4.65. The van der Waals surface area contributed by atoms with Gasteiger partial charge in [0.15, 0.2) is 0 Å². The maximum atomic E-state index is 12.6. The normalized spacial score (nSPS) is 16.9. The largest absolute Gasteiger partial charge is 0.496 e. The summed E-state index contributed by atoms with van der Waals surface area (Å²) in [5, 5.41) is 0. The van der Waals surface area contributed by atoms with E-state index < -0.39 is 0 Å². The Morgan fingerprint density at radius 2 is 2.04 bits per heavy atom. The molecule has 1 aromatic rings. The molecule has 1 unspecified atom stereocenters. The number of methoxy groups -OCH3 is 1. The number of piperidine rings is 1. The Balaban J connectivity index is 1.81. The molecule has 1 aliphatic heterocycles. The van der Waals surface area contributed by atoms with Crippen molar-refractivity contribution < 1.29 is 14.3 Å². The number of para-hydroxylation sites is 1. The molecule has 0 aromatic heterocycles. The van der Waals surface area contributed by atoms with Crippen molar-refractivity contribution in [1.82, 2.24) is 4.90 Å². The molecule has 5 heteroatoms. The molecular formula is C19H30N2O3. The molecule has 1 saturated heterocycles. The van der Waals surface area contributed by atoms with Gasteiger partial charge >= 0.3 is 0 Å². The number of carbonyl (C=O) groups excluding carboxylic acids is 1. The fourth-order valence-electron chi connectivity index (χ4n) is 3.18. The van der Waals surface area contributed by atoms with Gasteiger partial charge in [0, 0.05) is 26.1 Å². The van der Waals surface area contributed by atoms with Gasteiger partial charge in [-0.3, -0.25) is 4.79 Å². The standard InChI is InChI=1S/C19H30N2O3/c1-15(17-6-3-4-7-18(17)23-2)14-19(22)21-11-8-16(9-12-21)24-13-5-10-20/h3-4,6-7,15-16H,5,8-14,20H2,1-2H3. The second-order valence-electron chi connectivity index (χ2n) is 6.44. The van der Waals surface area contributed by atoms with Gasteiger partial charge < -0.3 is 20.1 Å². The van der Waals surface area contributed by atoms with E-state index in [9.17, 15) is 4.79 Å². The predicted molar refractivity (Wildman–Crippen MR) is 95.3 cm³/mol. The maximum absolute atomic E-state index is 12.6. The number of benzene rings is 1. The molecule has 134 valence electrons. The number of carbonyl (C=O) groups is 1. The molecule has 0 radical (unpaired) electrons. The first-order chi connectivity index (χ1) is 11.7. The number of nitrogens with zero attached hydrogens (tertiary/aromatic N) is 1. The molecule has 1 aromatic carbocycles. The molecule has 5 nitrogen and oxygen atoms in total. The zero-order valence-electron chi connectivity index (χ0n) is 14.9. The Kier molecular flexibility index (Phi) is 7.53. The van der Waals surface area contributed by atoms with Crippen molar-refractivity contribution in [2.75, 3.05) is 33.4 Å². The first-order valence-electron chi connectivity index (χ1n) is 8.88. The van der Waals surface area contributed by atoms with E-state index in [1.54, 1.807) is 7.11 Å². The minimum atomic E-state index is 0.146. The van der Waals surface area contributed by atoms with E-state index in [1.165, 1.54) is 0 Å². The third kappa shape index (κ3) is 5.21. The lowest BCUT2D eigenvalue weighted by Gasteiger charge is -2.32. The monoisotopic (exact) mass is 334 g/mol. The summed E-state index contributed by atoms with van der Waals surface area (Å²) in [5.41, 5.74) is 6.57. The summed E-state index contributed by atoms with van der Waals surface area (Å²) in [6, 6.07) is 7.92. The van der Waals surface area contributed by atoms with Crippen LogP contribution in [-0.2, 0) is 9.53 Å². The highest BCUT2D eigenvalue weighted by molar-refractivity contribution is 5.77. The topological polar surface area (TPSA) is 64.8 Å². The minimum Gasteiger partial charge on any atom is -0.496 e. The Bertz CT molecular complexity index is 513. The number of hydrogen-bond donors (Lipinski definition) is 1. The molecule has 1 heterocycles. The van der Waals surface area contributed by atoms with Gasteiger partial charge in [0.1, 0.15) is 5.75 Å². The van der Waals surface area contributed by atoms with E-state index in [-0.39, 0.29) is 17.9 Å². The van der Waals surface area contributed by atoms with Crippen molar-refractivity contribution in [2.45, 2.75) is 44.6 Å². The number of rotatable bonds is 8. The van der Waals surface area contributed by atoms with Crippen molar-refractivity contribution in [2.24, 2.45) is 5.73 Å². The van der Waals surface area contributed by atoms with Gasteiger partial charge in [-0.1, -0.05) is 25.1 Å². The Labute approximate surface area is 145 Å². The number of nitrogens with two attached hydrogens (primary N) is 1. The highest BCUT2D eigenvalue weighted by Crippen LogP contribution is 2.29. The average molecular weight is 334 g/mol. The van der Waals surface area contributed by atoms with Crippen LogP contribution in [0.4, 0.5) is 0 Å². The SMILES string of the molecule is COc1ccccc1C(C)CC(=O)N1CCC(OCCCN)CC1. The molecule has 0 aliphatic carbocycles. The number of amides is 1. The lowest BCUT2D eigenvalue weighted by atomic mass is 9.95. The fourth-order valence-corrected chi connectivity index (χ4v) is 3.18. The van der Waals surface area contributed by atoms with E-state index in [4.69, 9.17) is 15.2 Å². The van der Waals surface area contributed by atoms with Crippen LogP contribution in [0.25, 0.3) is 0 Å². The summed E-state index contributed by atoms with van der Waals surface area (Å²) in [6.45, 7) is 5.03. The van der Waals surface area contributed by atoms with E-state index in [0.717, 1.165) is 50.3 Å². The molecule has 0 saturated carbocycles. The smallest absolute Gasteiger partial charge is 0.223 e. The van der Waals surface area contributed by atoms with Crippen LogP contribution < -0.4 is 10.5 Å². The van der Waals surface area contributed by atoms with Gasteiger partial charge in [-0.15, -0.1) is 0 Å². The van der Waals surface area contributed by atoms with Crippen LogP contribution in [0.5, 0.6) is 5.75 Å². The lowest BCUT2D eigenvalue weighted by Crippen LogP contribution is -2.41. The summed E-state index contributed by atoms with van der Waals surface area (Å²) in [7, 11) is 1.67. The number of ether oxygens (including phenoxy) is 2. The highest BCUT2D eigenvalue weighted by atomic mass is 16.5. The van der Waals surface area contributed by atoms with Crippen LogP contribution in [0.3, 0.4) is 0 Å². The highest BCUT2D eigenvalue weighted by Gasteiger charge is 2.25. The Morgan fingerprint density at radius 3 is 2.71 bits per heavy atom. The molecule has 1 fully saturated rings. The van der Waals surface area contributed by atoms with E-state index >= 15 is 0 Å². The first kappa shape index (κ1) is 18.7. The van der Waals surface area contributed by atoms with Crippen LogP contribution in [-0.4, -0.2) is 50.3 Å². The molecule has 0 bridgehead atoms. The summed E-state index contributed by atoms with van der Waals surface area (Å²) in [4.78, 5) is 14.5. The average Bonchev–Trinajstić information content (AvgIpc) is 2.62. The fraction of sp³-hybridized carbons (Fsp3) is 0.632. The Hall–Kier alpha value is -1.59. The maximum Gasteiger partial charge on any atom is 0.223 e. The zero-order chi connectivity index (χ0) is 17.4. The summed E-state index contributed by atoms with van der Waals surface area (Å²) in [6.07, 6.45) is 3.51. The van der Waals surface area contributed by atoms with Crippen molar-refractivity contribution >= 4 is 5.91 Å². The number of hydrogen-bond acceptors (Lipinski definition) is 4. The predicted octanol–water partition coefficient (Wildman–Crippen LogP) is 2.55. The Morgan fingerprint density at radius 1 is 1.33 bits per heavy atom. The third-order valence-corrected chi connectivity index (χ3v) is 4.65. The summed E-state index contributed by atoms with van der Waals surface area (Å²) < 4.78 is 11.2. The number of likely N-dealkylation sites (tertiary alicyclic amines) is 1. The molecule has 0 spiro atoms. The van der Waals surface area contributed by atoms with Crippen LogP contribution in [0.1, 0.15) is 44.1 Å². The molecule has 2 N–H and O–H groups in total. The van der Waals surface area contributed by atoms with Gasteiger partial charge in [0.25, 0.3) is 0 Å². The minimum absolute atomic E-state index is 0.146. The lowest BCUT2D eigenvalue weighted by molar-refractivity contribution is -0.134. The quantitative estimate of drug-likeness (QED) is 0.742. The second-order valence-corrected chi connectivity index (χ2v) is 6.44. The zero-order valence-corrected chi connectivity index (χ0v) is 14.9. The van der Waals surface area contributed by atoms with E-state index in [0.29, 0.717) is 13.0 Å². The molecule has 2 rings (SSSR count). The van der Waals surface area contributed by atoms with Crippen LogP contribution in [0.15, 0.2) is 24.3 Å². The van der Waals surface area contributed by atoms with Crippen molar-refractivity contribution in [1.29, 1.82) is 0 Å². The van der Waals surface area contributed by atoms with Crippen molar-refractivity contribution in [3.8, 4) is 5.75 Å². The van der Waals surface area contributed by atoms with Gasteiger partial charge in [-0.25, -0.2) is 0 Å². The molecular weight excluding hydrogens is 304 g/mol. The first-order valence-corrected chi connectivity index (χ1v) is 8.88. The summed E-state index contributed by atoms with van der Waals surface area (Å²) in [5.74, 6) is 1.21. The van der Waals surface area contributed by atoms with Crippen LogP contribution in [0, 0.1) is 0 Å². The van der Waals surface area contributed by atoms with Gasteiger partial charge in [0.2, 0.25) is 5.91 Å². The summed E-state index contributed by atoms with van der Waals surface area (Å²) >= 11 is 0. The molecule has 24 heavy (non-hydrogen) atoms. The van der Waals surface area contributed by atoms with Gasteiger partial charge in [-0.2, -0.15) is 0 Å². The van der Waals surface area contributed by atoms with Crippen LogP contribution >= 0.6 is 0 Å². The van der Waals surface area contributed by atoms with E-state index in [1.807, 2.05) is 29.2 Å². The molecule has 1 atom stereocenters.